The van der Waals surface area contributed by atoms with Crippen molar-refractivity contribution in [2.45, 2.75) is 25.8 Å². The van der Waals surface area contributed by atoms with Crippen molar-refractivity contribution in [1.82, 2.24) is 5.32 Å². The fourth-order valence-electron chi connectivity index (χ4n) is 2.18. The minimum Gasteiger partial charge on any atom is -0.481 e. The molecule has 21 heavy (non-hydrogen) atoms. The lowest BCUT2D eigenvalue weighted by molar-refractivity contribution is -0.145. The van der Waals surface area contributed by atoms with E-state index < -0.39 is 11.9 Å². The van der Waals surface area contributed by atoms with E-state index in [9.17, 15) is 14.4 Å². The van der Waals surface area contributed by atoms with Crippen LogP contribution in [0.15, 0.2) is 18.2 Å². The minimum absolute atomic E-state index is 0.154. The number of carbonyl (C=O) groups is 3. The SMILES string of the molecule is CC(=O)Nc1ccc(Cl)c(C(=O)NC2CC(C(=O)O)C2)c1. The first-order valence-corrected chi connectivity index (χ1v) is 6.85. The fourth-order valence-corrected chi connectivity index (χ4v) is 2.38. The molecule has 7 heteroatoms. The van der Waals surface area contributed by atoms with E-state index in [1.807, 2.05) is 0 Å². The molecule has 1 fully saturated rings. The Morgan fingerprint density at radius 2 is 1.95 bits per heavy atom. The van der Waals surface area contributed by atoms with Gasteiger partial charge in [0.1, 0.15) is 0 Å². The van der Waals surface area contributed by atoms with Crippen molar-refractivity contribution in [2.24, 2.45) is 5.92 Å². The summed E-state index contributed by atoms with van der Waals surface area (Å²) < 4.78 is 0. The van der Waals surface area contributed by atoms with Crippen LogP contribution in [0, 0.1) is 5.92 Å². The number of anilines is 1. The number of hydrogen-bond acceptors (Lipinski definition) is 3. The van der Waals surface area contributed by atoms with Gasteiger partial charge in [0.25, 0.3) is 5.91 Å². The highest BCUT2D eigenvalue weighted by Gasteiger charge is 2.35. The molecule has 0 saturated heterocycles. The summed E-state index contributed by atoms with van der Waals surface area (Å²) in [6, 6.07) is 4.47. The number of amides is 2. The number of aliphatic carboxylic acids is 1. The molecule has 0 radical (unpaired) electrons. The second kappa shape index (κ2) is 6.13. The van der Waals surface area contributed by atoms with Crippen LogP contribution in [0.2, 0.25) is 5.02 Å². The molecule has 1 aliphatic rings. The van der Waals surface area contributed by atoms with Gasteiger partial charge in [0.15, 0.2) is 0 Å². The molecule has 2 amide bonds. The summed E-state index contributed by atoms with van der Waals surface area (Å²) in [4.78, 5) is 33.9. The highest BCUT2D eigenvalue weighted by molar-refractivity contribution is 6.34. The normalized spacial score (nSPS) is 20.3. The summed E-state index contributed by atoms with van der Waals surface area (Å²) in [5, 5.41) is 14.4. The first-order valence-electron chi connectivity index (χ1n) is 6.47. The first-order chi connectivity index (χ1) is 9.86. The lowest BCUT2D eigenvalue weighted by atomic mass is 9.80. The van der Waals surface area contributed by atoms with Crippen molar-refractivity contribution in [3.05, 3.63) is 28.8 Å². The summed E-state index contributed by atoms with van der Waals surface area (Å²) in [5.41, 5.74) is 0.732. The number of halogens is 1. The lowest BCUT2D eigenvalue weighted by Gasteiger charge is -2.32. The van der Waals surface area contributed by atoms with Crippen LogP contribution >= 0.6 is 11.6 Å². The van der Waals surface area contributed by atoms with Crippen LogP contribution in [0.4, 0.5) is 5.69 Å². The zero-order valence-corrected chi connectivity index (χ0v) is 12.1. The van der Waals surface area contributed by atoms with Crippen LogP contribution in [-0.4, -0.2) is 28.9 Å². The molecular weight excluding hydrogens is 296 g/mol. The molecule has 6 nitrogen and oxygen atoms in total. The standard InChI is InChI=1S/C14H15ClN2O4/c1-7(18)16-9-2-3-12(15)11(6-9)13(19)17-10-4-8(5-10)14(20)21/h2-3,6,8,10H,4-5H2,1H3,(H,16,18)(H,17,19)(H,20,21). The van der Waals surface area contributed by atoms with E-state index in [1.54, 1.807) is 6.07 Å². The predicted octanol–water partition coefficient (Wildman–Crippen LogP) is 1.89. The van der Waals surface area contributed by atoms with Gasteiger partial charge in [-0.15, -0.1) is 0 Å². The van der Waals surface area contributed by atoms with Crippen molar-refractivity contribution < 1.29 is 19.5 Å². The van der Waals surface area contributed by atoms with Gasteiger partial charge in [-0.3, -0.25) is 14.4 Å². The monoisotopic (exact) mass is 310 g/mol. The summed E-state index contributed by atoms with van der Waals surface area (Å²) >= 11 is 5.98. The second-order valence-electron chi connectivity index (χ2n) is 5.05. The Labute approximate surface area is 126 Å². The topological polar surface area (TPSA) is 95.5 Å². The van der Waals surface area contributed by atoms with Crippen molar-refractivity contribution in [2.75, 3.05) is 5.32 Å². The predicted molar refractivity (Wildman–Crippen MR) is 77.4 cm³/mol. The van der Waals surface area contributed by atoms with E-state index in [-0.39, 0.29) is 28.4 Å². The van der Waals surface area contributed by atoms with Crippen LogP contribution in [0.3, 0.4) is 0 Å². The molecule has 1 aliphatic carbocycles. The molecule has 112 valence electrons. The van der Waals surface area contributed by atoms with E-state index in [0.29, 0.717) is 18.5 Å². The Morgan fingerprint density at radius 1 is 1.29 bits per heavy atom. The second-order valence-corrected chi connectivity index (χ2v) is 5.46. The number of hydrogen-bond donors (Lipinski definition) is 3. The van der Waals surface area contributed by atoms with E-state index in [1.165, 1.54) is 19.1 Å². The van der Waals surface area contributed by atoms with Gasteiger partial charge in [-0.2, -0.15) is 0 Å². The third kappa shape index (κ3) is 3.72. The summed E-state index contributed by atoms with van der Waals surface area (Å²) in [5.74, 6) is -1.85. The third-order valence-electron chi connectivity index (χ3n) is 3.35. The van der Waals surface area contributed by atoms with Crippen LogP contribution in [0.1, 0.15) is 30.1 Å². The molecule has 1 aromatic rings. The number of benzene rings is 1. The summed E-state index contributed by atoms with van der Waals surface area (Å²) in [6.07, 6.45) is 0.841. The average Bonchev–Trinajstić information content (AvgIpc) is 2.34. The molecule has 1 saturated carbocycles. The van der Waals surface area contributed by atoms with Crippen molar-refractivity contribution >= 4 is 35.1 Å². The maximum Gasteiger partial charge on any atom is 0.306 e. The quantitative estimate of drug-likeness (QED) is 0.791. The van der Waals surface area contributed by atoms with Gasteiger partial charge < -0.3 is 15.7 Å². The third-order valence-corrected chi connectivity index (χ3v) is 3.68. The highest BCUT2D eigenvalue weighted by Crippen LogP contribution is 2.28. The molecule has 0 spiro atoms. The van der Waals surface area contributed by atoms with Gasteiger partial charge in [-0.1, -0.05) is 11.6 Å². The smallest absolute Gasteiger partial charge is 0.306 e. The Balaban J connectivity index is 2.02. The van der Waals surface area contributed by atoms with Gasteiger partial charge in [-0.05, 0) is 31.0 Å². The molecule has 2 rings (SSSR count). The van der Waals surface area contributed by atoms with Crippen LogP contribution in [0.25, 0.3) is 0 Å². The molecule has 0 unspecified atom stereocenters. The van der Waals surface area contributed by atoms with Gasteiger partial charge in [0, 0.05) is 18.7 Å². The zero-order chi connectivity index (χ0) is 15.6. The highest BCUT2D eigenvalue weighted by atomic mass is 35.5. The molecule has 0 atom stereocenters. The van der Waals surface area contributed by atoms with E-state index >= 15 is 0 Å². The van der Waals surface area contributed by atoms with Gasteiger partial charge in [0.05, 0.1) is 16.5 Å². The molecule has 0 aliphatic heterocycles. The maximum absolute atomic E-state index is 12.1. The summed E-state index contributed by atoms with van der Waals surface area (Å²) in [7, 11) is 0. The van der Waals surface area contributed by atoms with E-state index in [0.717, 1.165) is 0 Å². The molecule has 0 bridgehead atoms. The summed E-state index contributed by atoms with van der Waals surface area (Å²) in [6.45, 7) is 1.37. The molecular formula is C14H15ClN2O4. The first kappa shape index (κ1) is 15.3. The zero-order valence-electron chi connectivity index (χ0n) is 11.4. The van der Waals surface area contributed by atoms with Crippen molar-refractivity contribution in [3.8, 4) is 0 Å². The molecule has 0 heterocycles. The average molecular weight is 311 g/mol. The number of carboxylic acids is 1. The van der Waals surface area contributed by atoms with E-state index in [2.05, 4.69) is 10.6 Å². The molecule has 0 aromatic heterocycles. The number of carbonyl (C=O) groups excluding carboxylic acids is 2. The fraction of sp³-hybridized carbons (Fsp3) is 0.357. The Kier molecular flexibility index (Phi) is 4.47. The largest absolute Gasteiger partial charge is 0.481 e. The number of rotatable bonds is 4. The molecule has 3 N–H and O–H groups in total. The van der Waals surface area contributed by atoms with E-state index in [4.69, 9.17) is 16.7 Å². The Hall–Kier alpha value is -2.08. The van der Waals surface area contributed by atoms with Gasteiger partial charge in [-0.25, -0.2) is 0 Å². The molecule has 1 aromatic carbocycles. The number of nitrogens with one attached hydrogen (secondary N) is 2. The van der Waals surface area contributed by atoms with Crippen LogP contribution in [-0.2, 0) is 9.59 Å². The van der Waals surface area contributed by atoms with Crippen molar-refractivity contribution in [3.63, 3.8) is 0 Å². The van der Waals surface area contributed by atoms with Crippen LogP contribution < -0.4 is 10.6 Å². The Morgan fingerprint density at radius 3 is 2.52 bits per heavy atom. The maximum atomic E-state index is 12.1. The van der Waals surface area contributed by atoms with Gasteiger partial charge in [0.2, 0.25) is 5.91 Å². The lowest BCUT2D eigenvalue weighted by Crippen LogP contribution is -2.46. The number of carboxylic acid groups (broad SMARTS) is 1. The Bertz CT molecular complexity index is 597. The van der Waals surface area contributed by atoms with Crippen LogP contribution in [0.5, 0.6) is 0 Å². The minimum atomic E-state index is -0.841. The van der Waals surface area contributed by atoms with Gasteiger partial charge >= 0.3 is 5.97 Å². The van der Waals surface area contributed by atoms with Crippen molar-refractivity contribution in [1.29, 1.82) is 0 Å².